The van der Waals surface area contributed by atoms with Crippen LogP contribution >= 0.6 is 0 Å². The molecule has 0 heterocycles. The number of benzene rings is 1. The van der Waals surface area contributed by atoms with Crippen LogP contribution < -0.4 is 0 Å². The molecule has 0 saturated heterocycles. The van der Waals surface area contributed by atoms with Crippen LogP contribution in [-0.2, 0) is 16.0 Å². The van der Waals surface area contributed by atoms with Gasteiger partial charge in [0.05, 0.1) is 19.3 Å². The standard InChI is InChI=1S/C25H42O4/c1-3-4-5-6-7-8-16-22(26)17-11-9-14-21-15-10-12-18-23(21)24(27)19-13-20-25(28)29-2/h10,12,15,18,22,24,26-27H,3-9,11,13-14,16-17,19-20H2,1-2H3. The van der Waals surface area contributed by atoms with Crippen molar-refractivity contribution >= 4 is 5.97 Å². The van der Waals surface area contributed by atoms with Crippen LogP contribution in [0.2, 0.25) is 0 Å². The van der Waals surface area contributed by atoms with Crippen LogP contribution in [0, 0.1) is 0 Å². The van der Waals surface area contributed by atoms with Crippen molar-refractivity contribution in [2.45, 2.75) is 109 Å². The fraction of sp³-hybridized carbons (Fsp3) is 0.720. The first-order chi connectivity index (χ1) is 14.1. The average Bonchev–Trinajstić information content (AvgIpc) is 2.73. The fourth-order valence-electron chi connectivity index (χ4n) is 3.78. The van der Waals surface area contributed by atoms with E-state index in [1.165, 1.54) is 44.8 Å². The zero-order chi connectivity index (χ0) is 21.3. The third-order valence-electron chi connectivity index (χ3n) is 5.62. The first kappa shape index (κ1) is 25.6. The molecule has 1 aromatic rings. The van der Waals surface area contributed by atoms with E-state index in [1.54, 1.807) is 0 Å². The molecule has 1 aromatic carbocycles. The summed E-state index contributed by atoms with van der Waals surface area (Å²) in [6.45, 7) is 2.23. The van der Waals surface area contributed by atoms with Crippen molar-refractivity contribution in [2.75, 3.05) is 7.11 Å². The van der Waals surface area contributed by atoms with Gasteiger partial charge in [-0.05, 0) is 49.7 Å². The zero-order valence-electron chi connectivity index (χ0n) is 18.6. The summed E-state index contributed by atoms with van der Waals surface area (Å²) < 4.78 is 4.65. The second kappa shape index (κ2) is 16.4. The van der Waals surface area contributed by atoms with E-state index in [4.69, 9.17) is 0 Å². The molecule has 2 N–H and O–H groups in total. The highest BCUT2D eigenvalue weighted by atomic mass is 16.5. The van der Waals surface area contributed by atoms with Crippen molar-refractivity contribution in [3.63, 3.8) is 0 Å². The van der Waals surface area contributed by atoms with Crippen LogP contribution in [0.5, 0.6) is 0 Å². The molecule has 0 fully saturated rings. The van der Waals surface area contributed by atoms with E-state index >= 15 is 0 Å². The number of carbonyl (C=O) groups excluding carboxylic acids is 1. The molecule has 0 amide bonds. The lowest BCUT2D eigenvalue weighted by Gasteiger charge is -2.16. The number of ether oxygens (including phenoxy) is 1. The molecule has 0 radical (unpaired) electrons. The maximum Gasteiger partial charge on any atom is 0.305 e. The normalized spacial score (nSPS) is 13.2. The summed E-state index contributed by atoms with van der Waals surface area (Å²) in [5.41, 5.74) is 2.13. The molecule has 0 aliphatic heterocycles. The Bertz CT molecular complexity index is 543. The number of aliphatic hydroxyl groups is 2. The maximum absolute atomic E-state index is 11.2. The number of rotatable bonds is 17. The SMILES string of the molecule is CCCCCCCCC(O)CCCCc1ccccc1C(O)CCCC(=O)OC. The van der Waals surface area contributed by atoms with Crippen LogP contribution in [0.3, 0.4) is 0 Å². The molecule has 0 aliphatic rings. The topological polar surface area (TPSA) is 66.8 Å². The fourth-order valence-corrected chi connectivity index (χ4v) is 3.78. The Morgan fingerprint density at radius 2 is 1.55 bits per heavy atom. The molecule has 0 aliphatic carbocycles. The quantitative estimate of drug-likeness (QED) is 0.250. The summed E-state index contributed by atoms with van der Waals surface area (Å²) in [6.07, 6.45) is 13.1. The van der Waals surface area contributed by atoms with Crippen molar-refractivity contribution < 1.29 is 19.7 Å². The van der Waals surface area contributed by atoms with Gasteiger partial charge in [-0.3, -0.25) is 4.79 Å². The van der Waals surface area contributed by atoms with Crippen LogP contribution in [-0.4, -0.2) is 29.4 Å². The van der Waals surface area contributed by atoms with E-state index in [-0.39, 0.29) is 12.1 Å². The van der Waals surface area contributed by atoms with Crippen molar-refractivity contribution in [3.05, 3.63) is 35.4 Å². The summed E-state index contributed by atoms with van der Waals surface area (Å²) >= 11 is 0. The molecule has 29 heavy (non-hydrogen) atoms. The van der Waals surface area contributed by atoms with Gasteiger partial charge in [0.1, 0.15) is 0 Å². The molecule has 2 atom stereocenters. The smallest absolute Gasteiger partial charge is 0.305 e. The molecule has 0 bridgehead atoms. The first-order valence-electron chi connectivity index (χ1n) is 11.6. The van der Waals surface area contributed by atoms with Gasteiger partial charge in [-0.25, -0.2) is 0 Å². The molecule has 0 aromatic heterocycles. The summed E-state index contributed by atoms with van der Waals surface area (Å²) in [7, 11) is 1.39. The highest BCUT2D eigenvalue weighted by molar-refractivity contribution is 5.69. The maximum atomic E-state index is 11.2. The van der Waals surface area contributed by atoms with Crippen LogP contribution in [0.25, 0.3) is 0 Å². The average molecular weight is 407 g/mol. The molecule has 0 spiro atoms. The van der Waals surface area contributed by atoms with Crippen LogP contribution in [0.1, 0.15) is 108 Å². The zero-order valence-corrected chi connectivity index (χ0v) is 18.6. The highest BCUT2D eigenvalue weighted by Crippen LogP contribution is 2.24. The third-order valence-corrected chi connectivity index (χ3v) is 5.62. The van der Waals surface area contributed by atoms with Gasteiger partial charge in [0.2, 0.25) is 0 Å². The van der Waals surface area contributed by atoms with E-state index in [1.807, 2.05) is 18.2 Å². The molecule has 166 valence electrons. The van der Waals surface area contributed by atoms with Gasteiger partial charge in [0, 0.05) is 6.42 Å². The van der Waals surface area contributed by atoms with E-state index in [9.17, 15) is 15.0 Å². The van der Waals surface area contributed by atoms with Gasteiger partial charge in [0.15, 0.2) is 0 Å². The minimum absolute atomic E-state index is 0.180. The lowest BCUT2D eigenvalue weighted by Crippen LogP contribution is -2.07. The summed E-state index contributed by atoms with van der Waals surface area (Å²) in [6, 6.07) is 8.01. The van der Waals surface area contributed by atoms with Gasteiger partial charge in [-0.1, -0.05) is 76.1 Å². The Morgan fingerprint density at radius 3 is 2.28 bits per heavy atom. The third kappa shape index (κ3) is 12.0. The van der Waals surface area contributed by atoms with Crippen molar-refractivity contribution in [1.29, 1.82) is 0 Å². The van der Waals surface area contributed by atoms with Crippen molar-refractivity contribution in [2.24, 2.45) is 0 Å². The predicted octanol–water partition coefficient (Wildman–Crippen LogP) is 5.89. The van der Waals surface area contributed by atoms with E-state index in [0.29, 0.717) is 19.3 Å². The second-order valence-corrected chi connectivity index (χ2v) is 8.14. The minimum Gasteiger partial charge on any atom is -0.469 e. The lowest BCUT2D eigenvalue weighted by molar-refractivity contribution is -0.140. The van der Waals surface area contributed by atoms with Gasteiger partial charge in [-0.2, -0.15) is 0 Å². The van der Waals surface area contributed by atoms with E-state index < -0.39 is 6.10 Å². The van der Waals surface area contributed by atoms with Gasteiger partial charge in [0.25, 0.3) is 0 Å². The number of hydrogen-bond acceptors (Lipinski definition) is 4. The van der Waals surface area contributed by atoms with Gasteiger partial charge in [-0.15, -0.1) is 0 Å². The first-order valence-corrected chi connectivity index (χ1v) is 11.6. The van der Waals surface area contributed by atoms with Crippen molar-refractivity contribution in [3.8, 4) is 0 Å². The summed E-state index contributed by atoms with van der Waals surface area (Å²) in [4.78, 5) is 11.2. The number of methoxy groups -OCH3 is 1. The van der Waals surface area contributed by atoms with E-state index in [2.05, 4.69) is 17.7 Å². The molecular weight excluding hydrogens is 364 g/mol. The number of aliphatic hydroxyl groups excluding tert-OH is 2. The predicted molar refractivity (Wildman–Crippen MR) is 119 cm³/mol. The number of esters is 1. The Hall–Kier alpha value is -1.39. The largest absolute Gasteiger partial charge is 0.469 e. The van der Waals surface area contributed by atoms with Crippen LogP contribution in [0.4, 0.5) is 0 Å². The monoisotopic (exact) mass is 406 g/mol. The molecule has 1 rings (SSSR count). The highest BCUT2D eigenvalue weighted by Gasteiger charge is 2.13. The molecular formula is C25H42O4. The Kier molecular flexibility index (Phi) is 14.5. The minimum atomic E-state index is -0.547. The molecule has 4 heteroatoms. The van der Waals surface area contributed by atoms with Crippen LogP contribution in [0.15, 0.2) is 24.3 Å². The number of unbranched alkanes of at least 4 members (excludes halogenated alkanes) is 6. The molecule has 0 saturated carbocycles. The summed E-state index contributed by atoms with van der Waals surface area (Å²) in [5.74, 6) is -0.231. The van der Waals surface area contributed by atoms with Crippen molar-refractivity contribution in [1.82, 2.24) is 0 Å². The Morgan fingerprint density at radius 1 is 0.897 bits per heavy atom. The Labute approximate surface area is 177 Å². The molecule has 2 unspecified atom stereocenters. The number of hydrogen-bond donors (Lipinski definition) is 2. The van der Waals surface area contributed by atoms with Gasteiger partial charge >= 0.3 is 5.97 Å². The molecule has 4 nitrogen and oxygen atoms in total. The van der Waals surface area contributed by atoms with E-state index in [0.717, 1.165) is 44.1 Å². The lowest BCUT2D eigenvalue weighted by atomic mass is 9.94. The number of carbonyl (C=O) groups is 1. The second-order valence-electron chi connectivity index (χ2n) is 8.14. The van der Waals surface area contributed by atoms with Gasteiger partial charge < -0.3 is 14.9 Å². The summed E-state index contributed by atoms with van der Waals surface area (Å²) in [5, 5.41) is 20.7. The number of aryl methyl sites for hydroxylation is 1. The Balaban J connectivity index is 2.26.